The van der Waals surface area contributed by atoms with Crippen molar-refractivity contribution in [2.24, 2.45) is 0 Å². The zero-order valence-electron chi connectivity index (χ0n) is 15.7. The summed E-state index contributed by atoms with van der Waals surface area (Å²) in [5, 5.41) is 0. The fraction of sp³-hybridized carbons (Fsp3) is 1.00. The van der Waals surface area contributed by atoms with E-state index in [4.69, 9.17) is 9.79 Å². The molecule has 0 radical (unpaired) electrons. The first-order valence-electron chi connectivity index (χ1n) is 8.02. The van der Waals surface area contributed by atoms with Gasteiger partial charge in [0.05, 0.1) is 0 Å². The first kappa shape index (κ1) is 32.7. The predicted molar refractivity (Wildman–Crippen MR) is 86.2 cm³/mol. The van der Waals surface area contributed by atoms with E-state index in [1.54, 1.807) is 0 Å². The van der Waals surface area contributed by atoms with Gasteiger partial charge in [0.1, 0.15) is 0 Å². The van der Waals surface area contributed by atoms with Gasteiger partial charge in [-0.3, -0.25) is 4.67 Å². The van der Waals surface area contributed by atoms with Crippen molar-refractivity contribution in [2.75, 3.05) is 38.5 Å². The molecule has 0 aromatic rings. The summed E-state index contributed by atoms with van der Waals surface area (Å²) in [7, 11) is -19.9. The molecule has 0 bridgehead atoms. The second kappa shape index (κ2) is 13.9. The van der Waals surface area contributed by atoms with Crippen molar-refractivity contribution < 1.29 is 87.0 Å². The summed E-state index contributed by atoms with van der Waals surface area (Å²) in [5.74, 6) is 0. The molecule has 0 aromatic carbocycles. The van der Waals surface area contributed by atoms with Crippen LogP contribution < -0.4 is 58.9 Å². The van der Waals surface area contributed by atoms with Crippen molar-refractivity contribution in [3.8, 4) is 0 Å². The maximum Gasteiger partial charge on any atom is 1.00 e. The van der Waals surface area contributed by atoms with Crippen molar-refractivity contribution >= 4 is 30.7 Å². The molecule has 0 aromatic heterocycles. The summed E-state index contributed by atoms with van der Waals surface area (Å²) >= 11 is 0. The van der Waals surface area contributed by atoms with E-state index in [9.17, 15) is 47.6 Å². The van der Waals surface area contributed by atoms with Crippen LogP contribution >= 0.6 is 30.7 Å². The first-order chi connectivity index (χ1) is 12.4. The molecule has 29 heavy (non-hydrogen) atoms. The van der Waals surface area contributed by atoms with Gasteiger partial charge in [-0.2, -0.15) is 0 Å². The first-order valence-corrected chi connectivity index (χ1v) is 14.5. The van der Waals surface area contributed by atoms with Crippen LogP contribution in [0.4, 0.5) is 0 Å². The second-order valence-corrected chi connectivity index (χ2v) is 12.4. The van der Waals surface area contributed by atoms with Gasteiger partial charge in [0.15, 0.2) is 0 Å². The monoisotopic (exact) mass is 509 g/mol. The molecule has 0 aliphatic carbocycles. The van der Waals surface area contributed by atoms with Crippen LogP contribution in [-0.4, -0.2) is 57.6 Å². The van der Waals surface area contributed by atoms with Crippen LogP contribution in [0.2, 0.25) is 0 Å². The minimum absolute atomic E-state index is 0. The third-order valence-corrected chi connectivity index (χ3v) is 7.29. The molecular weight excluding hydrogens is 487 g/mol. The topological polar surface area (TPSA) is 254 Å². The van der Waals surface area contributed by atoms with Crippen LogP contribution in [0.15, 0.2) is 0 Å². The molecule has 0 aliphatic rings. The Hall–Kier alpha value is 1.52. The van der Waals surface area contributed by atoms with Crippen LogP contribution in [-0.2, 0) is 18.3 Å². The third-order valence-electron chi connectivity index (χ3n) is 3.56. The summed E-state index contributed by atoms with van der Waals surface area (Å²) in [6, 6.07) is 0. The molecule has 0 saturated heterocycles. The van der Waals surface area contributed by atoms with Gasteiger partial charge in [-0.15, -0.1) is 0 Å². The molecule has 2 N–H and O–H groups in total. The number of hydrogen-bond acceptors (Lipinski definition) is 10. The van der Waals surface area contributed by atoms with E-state index in [1.807, 2.05) is 0 Å². The smallest absolute Gasteiger partial charge is 0.811 e. The molecule has 19 heteroatoms. The Kier molecular flexibility index (Phi) is 15.7. The van der Waals surface area contributed by atoms with E-state index in [2.05, 4.69) is 0 Å². The van der Waals surface area contributed by atoms with Crippen LogP contribution in [0.25, 0.3) is 0 Å². The third kappa shape index (κ3) is 18.8. The van der Waals surface area contributed by atoms with Crippen molar-refractivity contribution in [3.05, 3.63) is 0 Å². The van der Waals surface area contributed by atoms with Crippen LogP contribution in [0.1, 0.15) is 25.7 Å². The Morgan fingerprint density at radius 1 is 0.586 bits per heavy atom. The summed E-state index contributed by atoms with van der Waals surface area (Å²) in [6.07, 6.45) is -1.03. The average Bonchev–Trinajstić information content (AvgIpc) is 2.43. The van der Waals surface area contributed by atoms with E-state index in [0.29, 0.717) is 22.2 Å². The van der Waals surface area contributed by atoms with Crippen molar-refractivity contribution in [3.63, 3.8) is 0 Å². The summed E-state index contributed by atoms with van der Waals surface area (Å²) in [5.41, 5.74) is 0. The van der Waals surface area contributed by atoms with Gasteiger partial charge in [-0.1, -0.05) is 28.0 Å². The molecule has 14 nitrogen and oxygen atoms in total. The quantitative estimate of drug-likeness (QED) is 0.118. The van der Waals surface area contributed by atoms with E-state index in [1.165, 1.54) is 0 Å². The van der Waals surface area contributed by atoms with Crippen molar-refractivity contribution in [1.29, 1.82) is 0 Å². The second-order valence-electron chi connectivity index (χ2n) is 5.97. The molecule has 0 amide bonds. The summed E-state index contributed by atoms with van der Waals surface area (Å²) < 4.78 is 44.4. The SMILES string of the molecule is O=P([O-])([O-])CCN(CCCCCCN(CCP(=O)([O-])[O-])P(=O)(O)O)P(=O)([O-])[O-].[Na+]. The van der Waals surface area contributed by atoms with Gasteiger partial charge in [0.2, 0.25) is 0 Å². The number of nitrogens with zero attached hydrogens (tertiary/aromatic N) is 2. The maximum absolute atomic E-state index is 11.3. The van der Waals surface area contributed by atoms with Crippen molar-refractivity contribution in [1.82, 2.24) is 9.34 Å². The van der Waals surface area contributed by atoms with Crippen LogP contribution in [0, 0.1) is 0 Å². The number of rotatable bonds is 15. The fourth-order valence-electron chi connectivity index (χ4n) is 2.15. The van der Waals surface area contributed by atoms with E-state index >= 15 is 0 Å². The molecule has 0 atom stereocenters. The maximum atomic E-state index is 11.3. The molecule has 0 unspecified atom stereocenters. The normalized spacial score (nSPS) is 13.7. The average molecular weight is 509 g/mol. The molecule has 0 spiro atoms. The molecular formula is C10H22N2NaO12P4-5. The van der Waals surface area contributed by atoms with Gasteiger partial charge >= 0.3 is 37.3 Å². The van der Waals surface area contributed by atoms with Gasteiger partial charge in [0.25, 0.3) is 0 Å². The van der Waals surface area contributed by atoms with Crippen LogP contribution in [0.3, 0.4) is 0 Å². The molecule has 0 heterocycles. The van der Waals surface area contributed by atoms with E-state index in [0.717, 1.165) is 0 Å². The summed E-state index contributed by atoms with van der Waals surface area (Å²) in [6.45, 7) is -1.92. The minimum Gasteiger partial charge on any atom is -0.811 e. The van der Waals surface area contributed by atoms with Crippen molar-refractivity contribution in [2.45, 2.75) is 25.7 Å². The molecule has 0 saturated carbocycles. The van der Waals surface area contributed by atoms with Crippen LogP contribution in [0.5, 0.6) is 0 Å². The predicted octanol–water partition coefficient (Wildman–Crippen LogP) is -7.10. The minimum atomic E-state index is -5.24. The van der Waals surface area contributed by atoms with Gasteiger partial charge in [0, 0.05) is 33.9 Å². The van der Waals surface area contributed by atoms with Gasteiger partial charge < -0.3 is 52.8 Å². The Morgan fingerprint density at radius 3 is 1.24 bits per heavy atom. The Bertz CT molecular complexity index is 601. The zero-order chi connectivity index (χ0) is 22.2. The van der Waals surface area contributed by atoms with E-state index in [-0.39, 0.29) is 55.5 Å². The van der Waals surface area contributed by atoms with E-state index < -0.39 is 56.1 Å². The summed E-state index contributed by atoms with van der Waals surface area (Å²) in [4.78, 5) is 82.7. The Morgan fingerprint density at radius 2 is 0.931 bits per heavy atom. The largest absolute Gasteiger partial charge is 1.00 e. The fourth-order valence-corrected chi connectivity index (χ4v) is 4.93. The number of unbranched alkanes of at least 4 members (excludes halogenated alkanes) is 3. The Labute approximate surface area is 190 Å². The molecule has 0 fully saturated rings. The molecule has 0 rings (SSSR count). The molecule has 170 valence electrons. The van der Waals surface area contributed by atoms with Gasteiger partial charge in [-0.05, 0) is 25.2 Å². The standard InChI is InChI=1S/C10H28N2O12P4.Na/c13-25(14,15)9-7-11(27(19,20)21)5-3-1-2-4-6-12(28(22,23)24)8-10-26(16,17)18;/h1-10H2,(H2,13,14,15)(H2,16,17,18)(H2,19,20,21)(H2,22,23,24);/q;+1/p-6. The zero-order valence-corrected chi connectivity index (χ0v) is 21.3. The number of hydrogen-bond donors (Lipinski definition) is 2. The molecule has 0 aliphatic heterocycles. The Balaban J connectivity index is 0. The van der Waals surface area contributed by atoms with Gasteiger partial charge in [-0.25, -0.2) is 9.24 Å².